The summed E-state index contributed by atoms with van der Waals surface area (Å²) >= 11 is 1.58. The molecule has 0 saturated carbocycles. The number of carbonyl (C=O) groups is 2. The molecule has 1 aliphatic rings. The van der Waals surface area contributed by atoms with E-state index < -0.39 is 5.97 Å². The topological polar surface area (TPSA) is 64.6 Å². The Hall–Kier alpha value is -2.31. The van der Waals surface area contributed by atoms with E-state index in [9.17, 15) is 9.59 Å². The Kier molecular flexibility index (Phi) is 6.68. The summed E-state index contributed by atoms with van der Waals surface area (Å²) in [7, 11) is 0. The summed E-state index contributed by atoms with van der Waals surface area (Å²) in [5.41, 5.74) is 1.14. The molecule has 1 heterocycles. The van der Waals surface area contributed by atoms with Crippen LogP contribution in [0.15, 0.2) is 59.5 Å². The lowest BCUT2D eigenvalue weighted by Gasteiger charge is -2.12. The average molecular weight is 371 g/mol. The smallest absolute Gasteiger partial charge is 0.339 e. The van der Waals surface area contributed by atoms with Crippen LogP contribution in [0, 0.1) is 0 Å². The minimum atomic E-state index is -0.497. The van der Waals surface area contributed by atoms with Crippen molar-refractivity contribution in [3.8, 4) is 0 Å². The molecule has 1 atom stereocenters. The summed E-state index contributed by atoms with van der Waals surface area (Å²) in [6, 6.07) is 16.3. The van der Waals surface area contributed by atoms with E-state index in [0.29, 0.717) is 11.3 Å². The van der Waals surface area contributed by atoms with Gasteiger partial charge in [-0.15, -0.1) is 11.8 Å². The molecule has 2 aromatic carbocycles. The van der Waals surface area contributed by atoms with Crippen molar-refractivity contribution in [1.29, 1.82) is 0 Å². The van der Waals surface area contributed by atoms with Crippen molar-refractivity contribution < 1.29 is 19.1 Å². The Balaban J connectivity index is 1.53. The Morgan fingerprint density at radius 2 is 1.88 bits per heavy atom. The van der Waals surface area contributed by atoms with Crippen molar-refractivity contribution in [3.05, 3.63) is 60.2 Å². The molecule has 1 fully saturated rings. The van der Waals surface area contributed by atoms with Crippen molar-refractivity contribution in [1.82, 2.24) is 0 Å². The number of rotatable bonds is 7. The number of benzene rings is 2. The van der Waals surface area contributed by atoms with E-state index in [1.165, 1.54) is 0 Å². The lowest BCUT2D eigenvalue weighted by molar-refractivity contribution is -0.119. The fraction of sp³-hybridized carbons (Fsp3) is 0.300. The predicted molar refractivity (Wildman–Crippen MR) is 101 cm³/mol. The van der Waals surface area contributed by atoms with Gasteiger partial charge in [-0.3, -0.25) is 4.79 Å². The number of hydrogen-bond acceptors (Lipinski definition) is 5. The lowest BCUT2D eigenvalue weighted by atomic mass is 10.2. The molecule has 0 unspecified atom stereocenters. The molecule has 0 bridgehead atoms. The van der Waals surface area contributed by atoms with E-state index in [1.807, 2.05) is 30.3 Å². The number of para-hydroxylation sites is 1. The van der Waals surface area contributed by atoms with Crippen LogP contribution in [0.3, 0.4) is 0 Å². The highest BCUT2D eigenvalue weighted by atomic mass is 32.2. The van der Waals surface area contributed by atoms with Gasteiger partial charge in [-0.1, -0.05) is 30.3 Å². The van der Waals surface area contributed by atoms with Crippen molar-refractivity contribution in [2.45, 2.75) is 23.8 Å². The van der Waals surface area contributed by atoms with E-state index >= 15 is 0 Å². The van der Waals surface area contributed by atoms with Gasteiger partial charge in [-0.25, -0.2) is 4.79 Å². The Labute approximate surface area is 157 Å². The van der Waals surface area contributed by atoms with E-state index in [-0.39, 0.29) is 18.6 Å². The van der Waals surface area contributed by atoms with Gasteiger partial charge in [-0.2, -0.15) is 0 Å². The first kappa shape index (κ1) is 18.5. The number of carbonyl (C=O) groups excluding carboxylic acids is 2. The normalized spacial score (nSPS) is 16.2. The molecule has 0 aromatic heterocycles. The standard InChI is InChI=1S/C20H21NO4S/c22-19(21-15-7-2-1-3-8-15)13-25-20(23)17-10-4-5-11-18(17)26-14-16-9-6-12-24-16/h1-5,7-8,10-11,16H,6,9,12-14H2,(H,21,22)/t16-/m1/s1. The molecule has 1 amide bonds. The number of amides is 1. The van der Waals surface area contributed by atoms with Crippen LogP contribution in [0.2, 0.25) is 0 Å². The van der Waals surface area contributed by atoms with Crippen LogP contribution in [0.5, 0.6) is 0 Å². The molecule has 1 N–H and O–H groups in total. The highest BCUT2D eigenvalue weighted by molar-refractivity contribution is 7.99. The monoisotopic (exact) mass is 371 g/mol. The zero-order chi connectivity index (χ0) is 18.2. The first-order valence-corrected chi connectivity index (χ1v) is 9.56. The number of ether oxygens (including phenoxy) is 2. The summed E-state index contributed by atoms with van der Waals surface area (Å²) in [5.74, 6) is -0.0589. The molecule has 136 valence electrons. The van der Waals surface area contributed by atoms with Crippen molar-refractivity contribution in [3.63, 3.8) is 0 Å². The second-order valence-electron chi connectivity index (χ2n) is 5.93. The van der Waals surface area contributed by atoms with Gasteiger partial charge in [0.25, 0.3) is 5.91 Å². The molecular weight excluding hydrogens is 350 g/mol. The maximum Gasteiger partial charge on any atom is 0.339 e. The summed E-state index contributed by atoms with van der Waals surface area (Å²) in [6.45, 7) is 0.490. The number of hydrogen-bond donors (Lipinski definition) is 1. The fourth-order valence-electron chi connectivity index (χ4n) is 2.65. The molecule has 1 aliphatic heterocycles. The zero-order valence-corrected chi connectivity index (χ0v) is 15.2. The fourth-order valence-corrected chi connectivity index (χ4v) is 3.76. The first-order chi connectivity index (χ1) is 12.7. The summed E-state index contributed by atoms with van der Waals surface area (Å²) in [6.07, 6.45) is 2.38. The van der Waals surface area contributed by atoms with E-state index in [1.54, 1.807) is 36.0 Å². The van der Waals surface area contributed by atoms with Gasteiger partial charge >= 0.3 is 5.97 Å². The number of nitrogens with one attached hydrogen (secondary N) is 1. The van der Waals surface area contributed by atoms with Gasteiger partial charge in [0.15, 0.2) is 6.61 Å². The zero-order valence-electron chi connectivity index (χ0n) is 14.4. The van der Waals surface area contributed by atoms with Crippen LogP contribution >= 0.6 is 11.8 Å². The maximum absolute atomic E-state index is 12.4. The van der Waals surface area contributed by atoms with Crippen LogP contribution in [-0.4, -0.2) is 36.9 Å². The van der Waals surface area contributed by atoms with Crippen LogP contribution in [0.4, 0.5) is 5.69 Å². The predicted octanol–water partition coefficient (Wildman–Crippen LogP) is 3.75. The number of esters is 1. The molecule has 6 heteroatoms. The Morgan fingerprint density at radius 3 is 2.65 bits per heavy atom. The van der Waals surface area contributed by atoms with Crippen molar-refractivity contribution in [2.75, 3.05) is 24.3 Å². The molecule has 0 aliphatic carbocycles. The van der Waals surface area contributed by atoms with Gasteiger partial charge in [0.05, 0.1) is 11.7 Å². The Bertz CT molecular complexity index is 744. The highest BCUT2D eigenvalue weighted by Crippen LogP contribution is 2.27. The molecule has 3 rings (SSSR count). The summed E-state index contributed by atoms with van der Waals surface area (Å²) in [4.78, 5) is 25.1. The van der Waals surface area contributed by atoms with Gasteiger partial charge in [0.2, 0.25) is 0 Å². The quantitative estimate of drug-likeness (QED) is 0.593. The number of thioether (sulfide) groups is 1. The second kappa shape index (κ2) is 9.40. The van der Waals surface area contributed by atoms with Crippen molar-refractivity contribution >= 4 is 29.3 Å². The summed E-state index contributed by atoms with van der Waals surface area (Å²) in [5, 5.41) is 2.69. The molecule has 0 spiro atoms. The molecular formula is C20H21NO4S. The maximum atomic E-state index is 12.4. The minimum Gasteiger partial charge on any atom is -0.452 e. The van der Waals surface area contributed by atoms with E-state index in [2.05, 4.69) is 5.32 Å². The van der Waals surface area contributed by atoms with Crippen LogP contribution in [-0.2, 0) is 14.3 Å². The molecule has 0 radical (unpaired) electrons. The third kappa shape index (κ3) is 5.34. The molecule has 2 aromatic rings. The number of anilines is 1. The Morgan fingerprint density at radius 1 is 1.12 bits per heavy atom. The third-order valence-electron chi connectivity index (χ3n) is 3.95. The minimum absolute atomic E-state index is 0.237. The van der Waals surface area contributed by atoms with Gasteiger partial charge in [0.1, 0.15) is 0 Å². The van der Waals surface area contributed by atoms with Crippen LogP contribution in [0.25, 0.3) is 0 Å². The van der Waals surface area contributed by atoms with Gasteiger partial charge in [0, 0.05) is 22.9 Å². The van der Waals surface area contributed by atoms with Crippen LogP contribution in [0.1, 0.15) is 23.2 Å². The molecule has 1 saturated heterocycles. The van der Waals surface area contributed by atoms with Gasteiger partial charge < -0.3 is 14.8 Å². The van der Waals surface area contributed by atoms with E-state index in [0.717, 1.165) is 30.1 Å². The van der Waals surface area contributed by atoms with Crippen molar-refractivity contribution in [2.24, 2.45) is 0 Å². The second-order valence-corrected chi connectivity index (χ2v) is 6.99. The third-order valence-corrected chi connectivity index (χ3v) is 5.15. The van der Waals surface area contributed by atoms with Gasteiger partial charge in [-0.05, 0) is 37.1 Å². The average Bonchev–Trinajstić information content (AvgIpc) is 3.19. The lowest BCUT2D eigenvalue weighted by Crippen LogP contribution is -2.21. The largest absolute Gasteiger partial charge is 0.452 e. The molecule has 26 heavy (non-hydrogen) atoms. The SMILES string of the molecule is O=C(COC(=O)c1ccccc1SC[C@H]1CCCO1)Nc1ccccc1. The summed E-state index contributed by atoms with van der Waals surface area (Å²) < 4.78 is 10.8. The molecule has 5 nitrogen and oxygen atoms in total. The first-order valence-electron chi connectivity index (χ1n) is 8.58. The van der Waals surface area contributed by atoms with E-state index in [4.69, 9.17) is 9.47 Å². The van der Waals surface area contributed by atoms with Crippen LogP contribution < -0.4 is 5.32 Å². The highest BCUT2D eigenvalue weighted by Gasteiger charge is 2.19.